The van der Waals surface area contributed by atoms with Crippen molar-refractivity contribution in [1.82, 2.24) is 5.32 Å². The lowest BCUT2D eigenvalue weighted by molar-refractivity contribution is 0.0695. The van der Waals surface area contributed by atoms with Gasteiger partial charge < -0.3 is 10.4 Å². The van der Waals surface area contributed by atoms with Gasteiger partial charge in [0.2, 0.25) is 0 Å². The summed E-state index contributed by atoms with van der Waals surface area (Å²) in [5.74, 6) is 0.437. The molecule has 2 atom stereocenters. The third-order valence-corrected chi connectivity index (χ3v) is 5.43. The molecule has 3 rings (SSSR count). The van der Waals surface area contributed by atoms with Gasteiger partial charge >= 0.3 is 0 Å². The predicted octanol–water partition coefficient (Wildman–Crippen LogP) is 4.06. The smallest absolute Gasteiger partial charge is 0.0580 e. The van der Waals surface area contributed by atoms with E-state index in [4.69, 9.17) is 0 Å². The minimum absolute atomic E-state index is 0.102. The van der Waals surface area contributed by atoms with Gasteiger partial charge in [0.25, 0.3) is 0 Å². The Morgan fingerprint density at radius 3 is 2.67 bits per heavy atom. The fourth-order valence-corrected chi connectivity index (χ4v) is 4.02. The van der Waals surface area contributed by atoms with Gasteiger partial charge in [-0.2, -0.15) is 0 Å². The highest BCUT2D eigenvalue weighted by molar-refractivity contribution is 7.15. The number of thiophene rings is 1. The summed E-state index contributed by atoms with van der Waals surface area (Å²) in [4.78, 5) is 2.68. The minimum Gasteiger partial charge on any atom is -0.393 e. The molecule has 0 radical (unpaired) electrons. The Balaban J connectivity index is 1.51. The predicted molar refractivity (Wildman–Crippen MR) is 89.4 cm³/mol. The van der Waals surface area contributed by atoms with Crippen LogP contribution in [0.4, 0.5) is 0 Å². The van der Waals surface area contributed by atoms with Crippen LogP contribution in [0.3, 0.4) is 0 Å². The first-order valence-corrected chi connectivity index (χ1v) is 8.67. The van der Waals surface area contributed by atoms with E-state index in [1.807, 2.05) is 11.3 Å². The number of benzene rings is 1. The van der Waals surface area contributed by atoms with Crippen LogP contribution in [-0.4, -0.2) is 17.8 Å². The quantitative estimate of drug-likeness (QED) is 0.873. The second kappa shape index (κ2) is 7.21. The summed E-state index contributed by atoms with van der Waals surface area (Å²) in [6, 6.07) is 14.9. The lowest BCUT2D eigenvalue weighted by atomic mass is 9.86. The molecule has 3 heteroatoms. The third-order valence-electron chi connectivity index (χ3n) is 4.29. The van der Waals surface area contributed by atoms with Crippen molar-refractivity contribution in [1.29, 1.82) is 0 Å². The van der Waals surface area contributed by atoms with E-state index in [2.05, 4.69) is 47.8 Å². The van der Waals surface area contributed by atoms with E-state index in [9.17, 15) is 5.11 Å². The van der Waals surface area contributed by atoms with Gasteiger partial charge in [0, 0.05) is 22.8 Å². The van der Waals surface area contributed by atoms with Gasteiger partial charge in [-0.1, -0.05) is 43.2 Å². The highest BCUT2D eigenvalue weighted by Crippen LogP contribution is 2.28. The fraction of sp³-hybridized carbons (Fsp3) is 0.444. The summed E-state index contributed by atoms with van der Waals surface area (Å²) >= 11 is 1.85. The highest BCUT2D eigenvalue weighted by Gasteiger charge is 2.22. The van der Waals surface area contributed by atoms with E-state index in [-0.39, 0.29) is 6.10 Å². The number of rotatable bonds is 5. The molecule has 112 valence electrons. The molecular weight excluding hydrogens is 278 g/mol. The molecule has 1 fully saturated rings. The van der Waals surface area contributed by atoms with Crippen LogP contribution >= 0.6 is 11.3 Å². The molecule has 1 aliphatic carbocycles. The molecule has 0 spiro atoms. The van der Waals surface area contributed by atoms with Gasteiger partial charge in [0.1, 0.15) is 0 Å². The van der Waals surface area contributed by atoms with Gasteiger partial charge in [-0.25, -0.2) is 0 Å². The number of nitrogens with one attached hydrogen (secondary N) is 1. The molecule has 1 heterocycles. The van der Waals surface area contributed by atoms with E-state index >= 15 is 0 Å². The molecule has 21 heavy (non-hydrogen) atoms. The molecule has 2 aromatic rings. The van der Waals surface area contributed by atoms with Gasteiger partial charge in [-0.3, -0.25) is 0 Å². The molecule has 1 aromatic heterocycles. The molecule has 0 aliphatic heterocycles. The summed E-state index contributed by atoms with van der Waals surface area (Å²) in [5, 5.41) is 13.5. The van der Waals surface area contributed by atoms with E-state index in [0.717, 1.165) is 25.9 Å². The maximum atomic E-state index is 9.98. The standard InChI is InChI=1S/C18H23NOS/c20-17-9-5-4-8-15(17)12-19-13-16-10-11-18(21-16)14-6-2-1-3-7-14/h1-3,6-7,10-11,15,17,19-20H,4-5,8-9,12-13H2. The average molecular weight is 301 g/mol. The van der Waals surface area contributed by atoms with Crippen molar-refractivity contribution in [2.75, 3.05) is 6.54 Å². The Morgan fingerprint density at radius 1 is 1.05 bits per heavy atom. The number of aliphatic hydroxyl groups excluding tert-OH is 1. The van der Waals surface area contributed by atoms with Crippen molar-refractivity contribution >= 4 is 11.3 Å². The van der Waals surface area contributed by atoms with Crippen LogP contribution in [0.1, 0.15) is 30.6 Å². The minimum atomic E-state index is -0.102. The molecule has 1 aromatic carbocycles. The summed E-state index contributed by atoms with van der Waals surface area (Å²) in [6.07, 6.45) is 4.48. The molecule has 2 N–H and O–H groups in total. The van der Waals surface area contributed by atoms with Crippen molar-refractivity contribution < 1.29 is 5.11 Å². The SMILES string of the molecule is OC1CCCCC1CNCc1ccc(-c2ccccc2)s1. The maximum absolute atomic E-state index is 9.98. The molecule has 2 unspecified atom stereocenters. The first kappa shape index (κ1) is 14.8. The van der Waals surface area contributed by atoms with Crippen LogP contribution in [-0.2, 0) is 6.54 Å². The second-order valence-electron chi connectivity index (χ2n) is 5.87. The van der Waals surface area contributed by atoms with Crippen LogP contribution in [0.15, 0.2) is 42.5 Å². The summed E-state index contributed by atoms with van der Waals surface area (Å²) in [5.41, 5.74) is 1.29. The molecule has 0 amide bonds. The Bertz CT molecular complexity index is 551. The van der Waals surface area contributed by atoms with Crippen molar-refractivity contribution in [2.45, 2.75) is 38.3 Å². The molecule has 1 aliphatic rings. The van der Waals surface area contributed by atoms with Crippen LogP contribution in [0.25, 0.3) is 10.4 Å². The first-order valence-electron chi connectivity index (χ1n) is 7.86. The number of hydrogen-bond donors (Lipinski definition) is 2. The Kier molecular flexibility index (Phi) is 5.07. The topological polar surface area (TPSA) is 32.3 Å². The summed E-state index contributed by atoms with van der Waals surface area (Å²) in [6.45, 7) is 1.83. The maximum Gasteiger partial charge on any atom is 0.0580 e. The monoisotopic (exact) mass is 301 g/mol. The summed E-state index contributed by atoms with van der Waals surface area (Å²) < 4.78 is 0. The Labute approximate surface area is 130 Å². The van der Waals surface area contributed by atoms with Crippen LogP contribution in [0.5, 0.6) is 0 Å². The zero-order valence-corrected chi connectivity index (χ0v) is 13.1. The van der Waals surface area contributed by atoms with Crippen LogP contribution in [0, 0.1) is 5.92 Å². The molecule has 0 bridgehead atoms. The molecular formula is C18H23NOS. The number of hydrogen-bond acceptors (Lipinski definition) is 3. The normalized spacial score (nSPS) is 22.3. The fourth-order valence-electron chi connectivity index (χ4n) is 3.04. The molecule has 2 nitrogen and oxygen atoms in total. The van der Waals surface area contributed by atoms with Gasteiger partial charge in [-0.15, -0.1) is 11.3 Å². The number of aliphatic hydroxyl groups is 1. The molecule has 0 saturated heterocycles. The van der Waals surface area contributed by atoms with Crippen molar-refractivity contribution in [2.24, 2.45) is 5.92 Å². The first-order chi connectivity index (χ1) is 10.3. The lowest BCUT2D eigenvalue weighted by Crippen LogP contribution is -2.33. The summed E-state index contributed by atoms with van der Waals surface area (Å²) in [7, 11) is 0. The van der Waals surface area contributed by atoms with E-state index in [0.29, 0.717) is 5.92 Å². The van der Waals surface area contributed by atoms with E-state index in [1.165, 1.54) is 28.2 Å². The zero-order chi connectivity index (χ0) is 14.5. The van der Waals surface area contributed by atoms with E-state index < -0.39 is 0 Å². The average Bonchev–Trinajstić information content (AvgIpc) is 2.99. The van der Waals surface area contributed by atoms with Crippen LogP contribution < -0.4 is 5.32 Å². The Hall–Kier alpha value is -1.16. The Morgan fingerprint density at radius 2 is 1.86 bits per heavy atom. The second-order valence-corrected chi connectivity index (χ2v) is 7.04. The molecule has 1 saturated carbocycles. The van der Waals surface area contributed by atoms with Crippen LogP contribution in [0.2, 0.25) is 0 Å². The van der Waals surface area contributed by atoms with Gasteiger partial charge in [0.05, 0.1) is 6.10 Å². The lowest BCUT2D eigenvalue weighted by Gasteiger charge is -2.27. The van der Waals surface area contributed by atoms with Crippen molar-refractivity contribution in [3.8, 4) is 10.4 Å². The van der Waals surface area contributed by atoms with Gasteiger partial charge in [0.15, 0.2) is 0 Å². The third kappa shape index (κ3) is 3.94. The van der Waals surface area contributed by atoms with Crippen molar-refractivity contribution in [3.63, 3.8) is 0 Å². The van der Waals surface area contributed by atoms with E-state index in [1.54, 1.807) is 0 Å². The van der Waals surface area contributed by atoms with Crippen molar-refractivity contribution in [3.05, 3.63) is 47.3 Å². The van der Waals surface area contributed by atoms with Gasteiger partial charge in [-0.05, 0) is 36.5 Å². The zero-order valence-electron chi connectivity index (χ0n) is 12.3. The highest BCUT2D eigenvalue weighted by atomic mass is 32.1. The largest absolute Gasteiger partial charge is 0.393 e.